The second-order valence-corrected chi connectivity index (χ2v) is 5.47. The minimum Gasteiger partial charge on any atom is -0.481 e. The Balaban J connectivity index is 2.51. The van der Waals surface area contributed by atoms with Crippen LogP contribution >= 0.6 is 0 Å². The van der Waals surface area contributed by atoms with Gasteiger partial charge in [-0.15, -0.1) is 0 Å². The van der Waals surface area contributed by atoms with Crippen LogP contribution in [0.25, 0.3) is 0 Å². The maximum absolute atomic E-state index is 11.8. The molecule has 1 saturated carbocycles. The Kier molecular flexibility index (Phi) is 5.14. The number of hydrogen-bond acceptors (Lipinski definition) is 3. The van der Waals surface area contributed by atoms with Crippen LogP contribution < -0.4 is 11.1 Å². The molecule has 0 radical (unpaired) electrons. The van der Waals surface area contributed by atoms with E-state index in [-0.39, 0.29) is 17.7 Å². The van der Waals surface area contributed by atoms with E-state index in [0.29, 0.717) is 19.4 Å². The van der Waals surface area contributed by atoms with Gasteiger partial charge < -0.3 is 16.2 Å². The summed E-state index contributed by atoms with van der Waals surface area (Å²) in [5.41, 5.74) is 4.97. The van der Waals surface area contributed by atoms with E-state index in [4.69, 9.17) is 10.8 Å². The summed E-state index contributed by atoms with van der Waals surface area (Å²) < 4.78 is 0. The van der Waals surface area contributed by atoms with Crippen molar-refractivity contribution >= 4 is 11.9 Å². The maximum atomic E-state index is 11.8. The van der Waals surface area contributed by atoms with Crippen LogP contribution in [0.1, 0.15) is 46.0 Å². The second kappa shape index (κ2) is 6.18. The van der Waals surface area contributed by atoms with Crippen molar-refractivity contribution in [3.05, 3.63) is 0 Å². The summed E-state index contributed by atoms with van der Waals surface area (Å²) in [5, 5.41) is 11.9. The lowest BCUT2D eigenvalue weighted by atomic mass is 9.79. The van der Waals surface area contributed by atoms with E-state index >= 15 is 0 Å². The fourth-order valence-corrected chi connectivity index (χ4v) is 2.36. The molecule has 0 aromatic carbocycles. The maximum Gasteiger partial charge on any atom is 0.306 e. The van der Waals surface area contributed by atoms with Gasteiger partial charge in [0.2, 0.25) is 5.91 Å². The summed E-state index contributed by atoms with van der Waals surface area (Å²) in [5.74, 6) is -1.24. The van der Waals surface area contributed by atoms with Crippen molar-refractivity contribution in [3.63, 3.8) is 0 Å². The van der Waals surface area contributed by atoms with E-state index in [1.54, 1.807) is 6.92 Å². The topological polar surface area (TPSA) is 92.4 Å². The van der Waals surface area contributed by atoms with Crippen molar-refractivity contribution in [1.29, 1.82) is 0 Å². The highest BCUT2D eigenvalue weighted by molar-refractivity contribution is 5.85. The molecule has 5 heteroatoms. The van der Waals surface area contributed by atoms with Crippen LogP contribution in [0.4, 0.5) is 0 Å². The lowest BCUT2D eigenvalue weighted by molar-refractivity contribution is -0.145. The monoisotopic (exact) mass is 256 g/mol. The van der Waals surface area contributed by atoms with E-state index in [1.807, 2.05) is 6.92 Å². The van der Waals surface area contributed by atoms with Crippen LogP contribution in [-0.2, 0) is 9.59 Å². The molecule has 0 aromatic rings. The summed E-state index contributed by atoms with van der Waals surface area (Å²) in [6.45, 7) is 3.97. The van der Waals surface area contributed by atoms with Crippen LogP contribution in [0.15, 0.2) is 0 Å². The number of nitrogens with two attached hydrogens (primary N) is 1. The van der Waals surface area contributed by atoms with E-state index in [9.17, 15) is 9.59 Å². The standard InChI is InChI=1S/C13H24N2O3/c1-3-13(2,14)12(18)15-8-9-6-4-5-7-10(9)11(16)17/h9-10H,3-8,14H2,1-2H3,(H,15,18)(H,16,17). The van der Waals surface area contributed by atoms with Crippen molar-refractivity contribution in [2.75, 3.05) is 6.54 Å². The molecule has 1 amide bonds. The highest BCUT2D eigenvalue weighted by Gasteiger charge is 2.32. The molecule has 3 unspecified atom stereocenters. The molecule has 1 rings (SSSR count). The Hall–Kier alpha value is -1.10. The summed E-state index contributed by atoms with van der Waals surface area (Å²) in [6.07, 6.45) is 4.14. The molecule has 1 aliphatic rings. The lowest BCUT2D eigenvalue weighted by Crippen LogP contribution is -2.52. The third-order valence-electron chi connectivity index (χ3n) is 4.00. The SMILES string of the molecule is CCC(C)(N)C(=O)NCC1CCCCC1C(=O)O. The summed E-state index contributed by atoms with van der Waals surface area (Å²) in [6, 6.07) is 0. The molecule has 18 heavy (non-hydrogen) atoms. The highest BCUT2D eigenvalue weighted by atomic mass is 16.4. The average molecular weight is 256 g/mol. The number of amides is 1. The van der Waals surface area contributed by atoms with Gasteiger partial charge in [0.15, 0.2) is 0 Å². The van der Waals surface area contributed by atoms with E-state index in [0.717, 1.165) is 19.3 Å². The molecule has 0 spiro atoms. The predicted molar refractivity (Wildman–Crippen MR) is 69.0 cm³/mol. The normalized spacial score (nSPS) is 27.3. The molecule has 0 saturated heterocycles. The van der Waals surface area contributed by atoms with Gasteiger partial charge in [-0.25, -0.2) is 0 Å². The molecule has 1 aliphatic carbocycles. The largest absolute Gasteiger partial charge is 0.481 e. The average Bonchev–Trinajstić information content (AvgIpc) is 2.36. The highest BCUT2D eigenvalue weighted by Crippen LogP contribution is 2.29. The van der Waals surface area contributed by atoms with Gasteiger partial charge in [-0.1, -0.05) is 19.8 Å². The molecular weight excluding hydrogens is 232 g/mol. The minimum atomic E-state index is -0.868. The number of carboxylic acid groups (broad SMARTS) is 1. The van der Waals surface area contributed by atoms with Crippen LogP contribution in [0.2, 0.25) is 0 Å². The molecule has 0 aliphatic heterocycles. The first-order valence-electron chi connectivity index (χ1n) is 6.68. The van der Waals surface area contributed by atoms with Gasteiger partial charge in [0.1, 0.15) is 0 Å². The molecule has 0 aromatic heterocycles. The number of carbonyl (C=O) groups excluding carboxylic acids is 1. The number of rotatable bonds is 5. The van der Waals surface area contributed by atoms with Gasteiger partial charge in [0, 0.05) is 6.54 Å². The fraction of sp³-hybridized carbons (Fsp3) is 0.846. The van der Waals surface area contributed by atoms with Crippen molar-refractivity contribution in [3.8, 4) is 0 Å². The van der Waals surface area contributed by atoms with Crippen LogP contribution in [-0.4, -0.2) is 29.1 Å². The van der Waals surface area contributed by atoms with Gasteiger partial charge in [-0.3, -0.25) is 9.59 Å². The second-order valence-electron chi connectivity index (χ2n) is 5.47. The number of hydrogen-bond donors (Lipinski definition) is 3. The molecule has 0 heterocycles. The van der Waals surface area contributed by atoms with Crippen LogP contribution in [0.3, 0.4) is 0 Å². The summed E-state index contributed by atoms with van der Waals surface area (Å²) in [4.78, 5) is 23.0. The zero-order valence-corrected chi connectivity index (χ0v) is 11.2. The third-order valence-corrected chi connectivity index (χ3v) is 4.00. The third kappa shape index (κ3) is 3.70. The Morgan fingerprint density at radius 2 is 2.00 bits per heavy atom. The Morgan fingerprint density at radius 1 is 1.39 bits per heavy atom. The van der Waals surface area contributed by atoms with E-state index in [2.05, 4.69) is 5.32 Å². The number of carbonyl (C=O) groups is 2. The smallest absolute Gasteiger partial charge is 0.306 e. The molecule has 4 N–H and O–H groups in total. The summed E-state index contributed by atoms with van der Waals surface area (Å²) in [7, 11) is 0. The first kappa shape index (κ1) is 15.0. The number of nitrogens with one attached hydrogen (secondary N) is 1. The van der Waals surface area contributed by atoms with Gasteiger partial charge in [0.25, 0.3) is 0 Å². The van der Waals surface area contributed by atoms with Crippen LogP contribution in [0, 0.1) is 11.8 Å². The number of aliphatic carboxylic acids is 1. The molecule has 104 valence electrons. The Labute approximate surface area is 108 Å². The molecule has 0 bridgehead atoms. The number of carboxylic acids is 1. The van der Waals surface area contributed by atoms with E-state index in [1.165, 1.54) is 0 Å². The minimum absolute atomic E-state index is 0.0351. The van der Waals surface area contributed by atoms with Gasteiger partial charge >= 0.3 is 5.97 Å². The first-order chi connectivity index (χ1) is 8.38. The van der Waals surface area contributed by atoms with Gasteiger partial charge in [0.05, 0.1) is 11.5 Å². The fourth-order valence-electron chi connectivity index (χ4n) is 2.36. The molecule has 1 fully saturated rings. The Morgan fingerprint density at radius 3 is 2.56 bits per heavy atom. The van der Waals surface area contributed by atoms with Crippen molar-refractivity contribution in [2.45, 2.75) is 51.5 Å². The zero-order valence-electron chi connectivity index (χ0n) is 11.2. The first-order valence-corrected chi connectivity index (χ1v) is 6.68. The van der Waals surface area contributed by atoms with Crippen LogP contribution in [0.5, 0.6) is 0 Å². The van der Waals surface area contributed by atoms with Crippen molar-refractivity contribution in [1.82, 2.24) is 5.32 Å². The quantitative estimate of drug-likeness (QED) is 0.687. The predicted octanol–water partition coefficient (Wildman–Crippen LogP) is 1.12. The Bertz CT molecular complexity index is 315. The molecular formula is C13H24N2O3. The van der Waals surface area contributed by atoms with Gasteiger partial charge in [-0.05, 0) is 32.1 Å². The lowest BCUT2D eigenvalue weighted by Gasteiger charge is -2.30. The van der Waals surface area contributed by atoms with Crippen molar-refractivity contribution in [2.24, 2.45) is 17.6 Å². The molecule has 3 atom stereocenters. The van der Waals surface area contributed by atoms with Crippen molar-refractivity contribution < 1.29 is 14.7 Å². The zero-order chi connectivity index (χ0) is 13.8. The van der Waals surface area contributed by atoms with E-state index < -0.39 is 11.5 Å². The van der Waals surface area contributed by atoms with Gasteiger partial charge in [-0.2, -0.15) is 0 Å². The molecule has 5 nitrogen and oxygen atoms in total. The summed E-state index contributed by atoms with van der Waals surface area (Å²) >= 11 is 0.